The maximum atomic E-state index is 13.3. The second-order valence-corrected chi connectivity index (χ2v) is 4.04. The normalized spacial score (nSPS) is 20.8. The molecular formula is C11H13ClFNO2. The third-order valence-corrected chi connectivity index (χ3v) is 2.65. The molecule has 0 amide bonds. The first kappa shape index (κ1) is 11.6. The molecule has 1 heterocycles. The monoisotopic (exact) mass is 245 g/mol. The van der Waals surface area contributed by atoms with Gasteiger partial charge in [-0.05, 0) is 24.6 Å². The van der Waals surface area contributed by atoms with Crippen LogP contribution >= 0.6 is 11.6 Å². The van der Waals surface area contributed by atoms with Gasteiger partial charge in [0, 0.05) is 11.6 Å². The Balaban J connectivity index is 1.90. The Bertz CT molecular complexity index is 356. The minimum absolute atomic E-state index is 0.0622. The van der Waals surface area contributed by atoms with Gasteiger partial charge in [0.05, 0.1) is 18.4 Å². The van der Waals surface area contributed by atoms with Gasteiger partial charge in [-0.3, -0.25) is 0 Å². The Hall–Kier alpha value is -0.840. The molecule has 1 aromatic rings. The van der Waals surface area contributed by atoms with Crippen molar-refractivity contribution in [1.29, 1.82) is 0 Å². The Labute approximate surface area is 98.5 Å². The van der Waals surface area contributed by atoms with E-state index in [2.05, 4.69) is 5.32 Å². The molecule has 1 aliphatic rings. The Morgan fingerprint density at radius 3 is 3.12 bits per heavy atom. The van der Waals surface area contributed by atoms with Crippen LogP contribution in [0.15, 0.2) is 18.2 Å². The maximum absolute atomic E-state index is 13.3. The molecule has 5 heteroatoms. The molecular weight excluding hydrogens is 233 g/mol. The van der Waals surface area contributed by atoms with Crippen LogP contribution in [0.2, 0.25) is 5.02 Å². The zero-order valence-corrected chi connectivity index (χ0v) is 9.47. The van der Waals surface area contributed by atoms with Crippen molar-refractivity contribution in [2.24, 2.45) is 0 Å². The zero-order chi connectivity index (χ0) is 11.4. The van der Waals surface area contributed by atoms with Crippen molar-refractivity contribution in [3.05, 3.63) is 29.0 Å². The third kappa shape index (κ3) is 3.07. The highest BCUT2D eigenvalue weighted by Gasteiger charge is 2.14. The van der Waals surface area contributed by atoms with Crippen LogP contribution in [0.25, 0.3) is 0 Å². The molecule has 0 radical (unpaired) electrons. The van der Waals surface area contributed by atoms with Gasteiger partial charge >= 0.3 is 0 Å². The van der Waals surface area contributed by atoms with E-state index in [4.69, 9.17) is 21.1 Å². The third-order valence-electron chi connectivity index (χ3n) is 2.42. The topological polar surface area (TPSA) is 30.5 Å². The highest BCUT2D eigenvalue weighted by atomic mass is 35.5. The molecule has 1 fully saturated rings. The van der Waals surface area contributed by atoms with E-state index in [1.165, 1.54) is 12.1 Å². The van der Waals surface area contributed by atoms with E-state index in [1.807, 2.05) is 0 Å². The van der Waals surface area contributed by atoms with Crippen molar-refractivity contribution in [3.8, 4) is 0 Å². The van der Waals surface area contributed by atoms with Gasteiger partial charge in [-0.2, -0.15) is 0 Å². The van der Waals surface area contributed by atoms with Crippen LogP contribution in [0, 0.1) is 5.82 Å². The highest BCUT2D eigenvalue weighted by molar-refractivity contribution is 6.30. The average molecular weight is 246 g/mol. The molecule has 0 aliphatic carbocycles. The summed E-state index contributed by atoms with van der Waals surface area (Å²) in [5, 5.41) is 3.49. The Kier molecular flexibility index (Phi) is 3.98. The van der Waals surface area contributed by atoms with Gasteiger partial charge in [0.2, 0.25) is 0 Å². The van der Waals surface area contributed by atoms with E-state index in [-0.39, 0.29) is 11.9 Å². The zero-order valence-electron chi connectivity index (χ0n) is 8.71. The van der Waals surface area contributed by atoms with Gasteiger partial charge in [-0.15, -0.1) is 0 Å². The van der Waals surface area contributed by atoms with Crippen molar-refractivity contribution in [2.45, 2.75) is 12.5 Å². The van der Waals surface area contributed by atoms with Gasteiger partial charge in [-0.25, -0.2) is 4.39 Å². The second kappa shape index (κ2) is 5.48. The number of rotatable bonds is 3. The first-order valence-corrected chi connectivity index (χ1v) is 5.52. The highest BCUT2D eigenvalue weighted by Crippen LogP contribution is 2.20. The molecule has 1 unspecified atom stereocenters. The van der Waals surface area contributed by atoms with Gasteiger partial charge in [0.25, 0.3) is 0 Å². The van der Waals surface area contributed by atoms with Gasteiger partial charge in [-0.1, -0.05) is 11.6 Å². The number of hydrogen-bond acceptors (Lipinski definition) is 3. The first-order valence-electron chi connectivity index (χ1n) is 5.14. The van der Waals surface area contributed by atoms with Crippen LogP contribution in [-0.4, -0.2) is 26.0 Å². The van der Waals surface area contributed by atoms with Crippen molar-refractivity contribution >= 4 is 17.3 Å². The molecule has 0 spiro atoms. The molecule has 1 saturated heterocycles. The lowest BCUT2D eigenvalue weighted by Crippen LogP contribution is -2.30. The van der Waals surface area contributed by atoms with Crippen LogP contribution in [0.3, 0.4) is 0 Å². The summed E-state index contributed by atoms with van der Waals surface area (Å²) < 4.78 is 23.7. The number of ether oxygens (including phenoxy) is 2. The largest absolute Gasteiger partial charge is 0.380 e. The van der Waals surface area contributed by atoms with Crippen LogP contribution in [0.4, 0.5) is 10.1 Å². The smallest absolute Gasteiger partial charge is 0.147 e. The fraction of sp³-hybridized carbons (Fsp3) is 0.455. The average Bonchev–Trinajstić information content (AvgIpc) is 2.32. The molecule has 1 N–H and O–H groups in total. The van der Waals surface area contributed by atoms with E-state index in [0.717, 1.165) is 6.42 Å². The molecule has 2 rings (SSSR count). The molecule has 3 nitrogen and oxygen atoms in total. The standard InChI is InChI=1S/C11H13ClFNO2/c12-8-1-2-10(13)11(5-8)14-6-9-3-4-15-7-16-9/h1-2,5,9,14H,3-4,6-7H2. The minimum Gasteiger partial charge on any atom is -0.380 e. The minimum atomic E-state index is -0.309. The van der Waals surface area contributed by atoms with Crippen molar-refractivity contribution in [1.82, 2.24) is 0 Å². The number of anilines is 1. The van der Waals surface area contributed by atoms with Crippen LogP contribution in [-0.2, 0) is 9.47 Å². The lowest BCUT2D eigenvalue weighted by atomic mass is 10.2. The maximum Gasteiger partial charge on any atom is 0.147 e. The fourth-order valence-electron chi connectivity index (χ4n) is 1.52. The number of benzene rings is 1. The van der Waals surface area contributed by atoms with E-state index >= 15 is 0 Å². The Morgan fingerprint density at radius 1 is 1.50 bits per heavy atom. The fourth-order valence-corrected chi connectivity index (χ4v) is 1.69. The van der Waals surface area contributed by atoms with E-state index in [9.17, 15) is 4.39 Å². The molecule has 0 aromatic heterocycles. The summed E-state index contributed by atoms with van der Waals surface area (Å²) in [5.74, 6) is -0.309. The summed E-state index contributed by atoms with van der Waals surface area (Å²) in [7, 11) is 0. The second-order valence-electron chi connectivity index (χ2n) is 3.61. The van der Waals surface area contributed by atoms with Gasteiger partial charge in [0.1, 0.15) is 12.6 Å². The number of hydrogen-bond donors (Lipinski definition) is 1. The van der Waals surface area contributed by atoms with Crippen molar-refractivity contribution in [2.75, 3.05) is 25.3 Å². The summed E-state index contributed by atoms with van der Waals surface area (Å²) in [6.45, 7) is 1.55. The summed E-state index contributed by atoms with van der Waals surface area (Å²) >= 11 is 5.78. The van der Waals surface area contributed by atoms with Gasteiger partial charge in [0.15, 0.2) is 0 Å². The van der Waals surface area contributed by atoms with Crippen LogP contribution < -0.4 is 5.32 Å². The summed E-state index contributed by atoms with van der Waals surface area (Å²) in [4.78, 5) is 0. The number of nitrogens with one attached hydrogen (secondary N) is 1. The molecule has 1 atom stereocenters. The molecule has 0 saturated carbocycles. The lowest BCUT2D eigenvalue weighted by molar-refractivity contribution is -0.133. The SMILES string of the molecule is Fc1ccc(Cl)cc1NCC1CCOCO1. The van der Waals surface area contributed by atoms with Crippen molar-refractivity contribution in [3.63, 3.8) is 0 Å². The summed E-state index contributed by atoms with van der Waals surface area (Å²) in [6, 6.07) is 4.43. The molecule has 1 aromatic carbocycles. The predicted molar refractivity (Wildman–Crippen MR) is 60.2 cm³/mol. The molecule has 1 aliphatic heterocycles. The summed E-state index contributed by atoms with van der Waals surface area (Å²) in [6.07, 6.45) is 0.877. The summed E-state index contributed by atoms with van der Waals surface area (Å²) in [5.41, 5.74) is 0.405. The molecule has 0 bridgehead atoms. The van der Waals surface area contributed by atoms with E-state index in [1.54, 1.807) is 6.07 Å². The van der Waals surface area contributed by atoms with Crippen LogP contribution in [0.5, 0.6) is 0 Å². The van der Waals surface area contributed by atoms with E-state index in [0.29, 0.717) is 30.7 Å². The lowest BCUT2D eigenvalue weighted by Gasteiger charge is -2.23. The van der Waals surface area contributed by atoms with Crippen LogP contribution in [0.1, 0.15) is 6.42 Å². The quantitative estimate of drug-likeness (QED) is 0.888. The first-order chi connectivity index (χ1) is 7.75. The van der Waals surface area contributed by atoms with Gasteiger partial charge < -0.3 is 14.8 Å². The molecule has 16 heavy (non-hydrogen) atoms. The van der Waals surface area contributed by atoms with Crippen molar-refractivity contribution < 1.29 is 13.9 Å². The Morgan fingerprint density at radius 2 is 2.38 bits per heavy atom. The number of halogens is 2. The predicted octanol–water partition coefficient (Wildman–Crippen LogP) is 2.65. The van der Waals surface area contributed by atoms with E-state index < -0.39 is 0 Å². The molecule has 88 valence electrons.